The van der Waals surface area contributed by atoms with Gasteiger partial charge in [0.1, 0.15) is 5.82 Å². The monoisotopic (exact) mass is 405 g/mol. The van der Waals surface area contributed by atoms with Crippen LogP contribution in [0.15, 0.2) is 52.1 Å². The number of aromatic nitrogens is 3. The summed E-state index contributed by atoms with van der Waals surface area (Å²) < 4.78 is 16.8. The van der Waals surface area contributed by atoms with Crippen LogP contribution in [0.25, 0.3) is 11.4 Å². The molecule has 0 aliphatic heterocycles. The summed E-state index contributed by atoms with van der Waals surface area (Å²) in [6, 6.07) is 13.3. The van der Waals surface area contributed by atoms with Crippen LogP contribution in [0.5, 0.6) is 0 Å². The van der Waals surface area contributed by atoms with Gasteiger partial charge >= 0.3 is 0 Å². The van der Waals surface area contributed by atoms with Crippen molar-refractivity contribution in [3.05, 3.63) is 63.9 Å². The lowest BCUT2D eigenvalue weighted by molar-refractivity contribution is 0.616. The molecule has 0 bridgehead atoms. The molecule has 0 atom stereocenters. The molecule has 6 heteroatoms. The number of rotatable bonds is 5. The Morgan fingerprint density at radius 3 is 2.67 bits per heavy atom. The first-order valence-corrected chi connectivity index (χ1v) is 9.44. The molecule has 2 aromatic carbocycles. The fourth-order valence-corrected chi connectivity index (χ4v) is 3.81. The zero-order valence-electron chi connectivity index (χ0n) is 13.5. The maximum absolute atomic E-state index is 14.0. The molecule has 0 fully saturated rings. The summed E-state index contributed by atoms with van der Waals surface area (Å²) in [5, 5.41) is 9.47. The van der Waals surface area contributed by atoms with Crippen molar-refractivity contribution >= 4 is 27.7 Å². The lowest BCUT2D eigenvalue weighted by Gasteiger charge is -2.09. The molecule has 0 radical (unpaired) electrons. The van der Waals surface area contributed by atoms with Crippen LogP contribution < -0.4 is 0 Å². The van der Waals surface area contributed by atoms with Gasteiger partial charge in [-0.2, -0.15) is 0 Å². The van der Waals surface area contributed by atoms with E-state index in [1.807, 2.05) is 24.3 Å². The van der Waals surface area contributed by atoms with E-state index >= 15 is 0 Å². The Balaban J connectivity index is 1.86. The molecule has 24 heavy (non-hydrogen) atoms. The molecule has 1 aromatic heterocycles. The van der Waals surface area contributed by atoms with Crippen molar-refractivity contribution < 1.29 is 4.39 Å². The molecular formula is C18H17BrFN3S. The zero-order valence-corrected chi connectivity index (χ0v) is 15.9. The summed E-state index contributed by atoms with van der Waals surface area (Å²) in [4.78, 5) is 0. The highest BCUT2D eigenvalue weighted by Crippen LogP contribution is 2.29. The highest BCUT2D eigenvalue weighted by atomic mass is 79.9. The maximum atomic E-state index is 14.0. The SMILES string of the molecule is CCn1c(SCc2ccc(Br)cc2F)nnc1-c1ccccc1C. The van der Waals surface area contributed by atoms with E-state index in [2.05, 4.69) is 50.6 Å². The van der Waals surface area contributed by atoms with Crippen molar-refractivity contribution in [2.24, 2.45) is 0 Å². The first kappa shape index (κ1) is 17.2. The molecule has 0 saturated heterocycles. The molecular weight excluding hydrogens is 389 g/mol. The Bertz CT molecular complexity index is 863. The summed E-state index contributed by atoms with van der Waals surface area (Å²) in [5.74, 6) is 1.17. The average Bonchev–Trinajstić information content (AvgIpc) is 2.97. The number of aryl methyl sites for hydroxylation is 1. The summed E-state index contributed by atoms with van der Waals surface area (Å²) in [5.41, 5.74) is 2.90. The van der Waals surface area contributed by atoms with E-state index in [1.165, 1.54) is 17.8 Å². The van der Waals surface area contributed by atoms with E-state index in [1.54, 1.807) is 6.07 Å². The van der Waals surface area contributed by atoms with E-state index < -0.39 is 0 Å². The van der Waals surface area contributed by atoms with Gasteiger partial charge < -0.3 is 4.57 Å². The van der Waals surface area contributed by atoms with Crippen molar-refractivity contribution in [1.29, 1.82) is 0 Å². The first-order chi connectivity index (χ1) is 11.6. The van der Waals surface area contributed by atoms with Gasteiger partial charge in [0.25, 0.3) is 0 Å². The average molecular weight is 406 g/mol. The van der Waals surface area contributed by atoms with E-state index in [4.69, 9.17) is 0 Å². The standard InChI is InChI=1S/C18H17BrFN3S/c1-3-23-17(15-7-5-4-6-12(15)2)21-22-18(23)24-11-13-8-9-14(19)10-16(13)20/h4-10H,3,11H2,1-2H3. The minimum absolute atomic E-state index is 0.210. The molecule has 0 amide bonds. The molecule has 3 rings (SSSR count). The van der Waals surface area contributed by atoms with Crippen LogP contribution in [-0.2, 0) is 12.3 Å². The van der Waals surface area contributed by atoms with Crippen molar-refractivity contribution in [3.8, 4) is 11.4 Å². The quantitative estimate of drug-likeness (QED) is 0.527. The predicted octanol–water partition coefficient (Wildman–Crippen LogP) is 5.47. The molecule has 1 heterocycles. The second-order valence-corrected chi connectivity index (χ2v) is 7.25. The van der Waals surface area contributed by atoms with Crippen LogP contribution in [0.3, 0.4) is 0 Å². The minimum atomic E-state index is -0.210. The number of benzene rings is 2. The molecule has 0 spiro atoms. The van der Waals surface area contributed by atoms with Crippen molar-refractivity contribution in [3.63, 3.8) is 0 Å². The Hall–Kier alpha value is -1.66. The lowest BCUT2D eigenvalue weighted by atomic mass is 10.1. The van der Waals surface area contributed by atoms with E-state index in [9.17, 15) is 4.39 Å². The summed E-state index contributed by atoms with van der Waals surface area (Å²) in [6.45, 7) is 4.89. The number of halogens is 2. The van der Waals surface area contributed by atoms with Gasteiger partial charge in [0.15, 0.2) is 11.0 Å². The Morgan fingerprint density at radius 1 is 1.17 bits per heavy atom. The van der Waals surface area contributed by atoms with Gasteiger partial charge in [0.05, 0.1) is 0 Å². The molecule has 0 aliphatic rings. The maximum Gasteiger partial charge on any atom is 0.191 e. The molecule has 0 aliphatic carbocycles. The third-order valence-electron chi connectivity index (χ3n) is 3.79. The smallest absolute Gasteiger partial charge is 0.191 e. The van der Waals surface area contributed by atoms with E-state index in [-0.39, 0.29) is 5.82 Å². The number of hydrogen-bond acceptors (Lipinski definition) is 3. The van der Waals surface area contributed by atoms with Gasteiger partial charge in [-0.25, -0.2) is 4.39 Å². The second-order valence-electron chi connectivity index (χ2n) is 5.39. The fourth-order valence-electron chi connectivity index (χ4n) is 2.48. The molecule has 124 valence electrons. The molecule has 0 N–H and O–H groups in total. The highest BCUT2D eigenvalue weighted by molar-refractivity contribution is 9.10. The Labute approximate surface area is 153 Å². The van der Waals surface area contributed by atoms with Gasteiger partial charge in [-0.3, -0.25) is 0 Å². The summed E-state index contributed by atoms with van der Waals surface area (Å²) >= 11 is 4.78. The van der Waals surface area contributed by atoms with Gasteiger partial charge in [-0.15, -0.1) is 10.2 Å². The highest BCUT2D eigenvalue weighted by Gasteiger charge is 2.15. The van der Waals surface area contributed by atoms with Crippen molar-refractivity contribution in [2.45, 2.75) is 31.3 Å². The van der Waals surface area contributed by atoms with Gasteiger partial charge in [0.2, 0.25) is 0 Å². The van der Waals surface area contributed by atoms with Crippen molar-refractivity contribution in [2.75, 3.05) is 0 Å². The Morgan fingerprint density at radius 2 is 1.96 bits per heavy atom. The van der Waals surface area contributed by atoms with Crippen LogP contribution in [0.4, 0.5) is 4.39 Å². The van der Waals surface area contributed by atoms with Crippen LogP contribution in [-0.4, -0.2) is 14.8 Å². The van der Waals surface area contributed by atoms with Crippen LogP contribution >= 0.6 is 27.7 Å². The zero-order chi connectivity index (χ0) is 17.1. The van der Waals surface area contributed by atoms with Gasteiger partial charge in [0, 0.05) is 22.3 Å². The molecule has 3 aromatic rings. The van der Waals surface area contributed by atoms with Crippen LogP contribution in [0.1, 0.15) is 18.1 Å². The first-order valence-electron chi connectivity index (χ1n) is 7.66. The Kier molecular flexibility index (Phi) is 5.36. The van der Waals surface area contributed by atoms with Gasteiger partial charge in [-0.1, -0.05) is 58.0 Å². The minimum Gasteiger partial charge on any atom is -0.302 e. The third-order valence-corrected chi connectivity index (χ3v) is 5.30. The number of thioether (sulfide) groups is 1. The van der Waals surface area contributed by atoms with Crippen molar-refractivity contribution in [1.82, 2.24) is 14.8 Å². The van der Waals surface area contributed by atoms with Crippen LogP contribution in [0, 0.1) is 12.7 Å². The van der Waals surface area contributed by atoms with E-state index in [0.717, 1.165) is 33.1 Å². The fraction of sp³-hybridized carbons (Fsp3) is 0.222. The van der Waals surface area contributed by atoms with Gasteiger partial charge in [-0.05, 0) is 37.1 Å². The largest absolute Gasteiger partial charge is 0.302 e. The second kappa shape index (κ2) is 7.49. The van der Waals surface area contributed by atoms with Crippen LogP contribution in [0.2, 0.25) is 0 Å². The summed E-state index contributed by atoms with van der Waals surface area (Å²) in [7, 11) is 0. The normalized spacial score (nSPS) is 11.0. The van der Waals surface area contributed by atoms with E-state index in [0.29, 0.717) is 11.3 Å². The third kappa shape index (κ3) is 3.54. The lowest BCUT2D eigenvalue weighted by Crippen LogP contribution is -2.01. The molecule has 0 unspecified atom stereocenters. The number of hydrogen-bond donors (Lipinski definition) is 0. The number of nitrogens with zero attached hydrogens (tertiary/aromatic N) is 3. The predicted molar refractivity (Wildman–Crippen MR) is 99.5 cm³/mol. The summed E-state index contributed by atoms with van der Waals surface area (Å²) in [6.07, 6.45) is 0. The molecule has 0 saturated carbocycles. The molecule has 3 nitrogen and oxygen atoms in total. The topological polar surface area (TPSA) is 30.7 Å².